The molecule has 4 aromatic rings. The summed E-state index contributed by atoms with van der Waals surface area (Å²) in [6, 6.07) is 1.37. The van der Waals surface area contributed by atoms with Crippen LogP contribution in [0.5, 0.6) is 5.88 Å². The molecule has 16 heteroatoms. The van der Waals surface area contributed by atoms with Crippen molar-refractivity contribution in [1.29, 1.82) is 0 Å². The van der Waals surface area contributed by atoms with Crippen LogP contribution in [0.15, 0.2) is 35.9 Å². The molecule has 0 aliphatic carbocycles. The predicted molar refractivity (Wildman–Crippen MR) is 120 cm³/mol. The van der Waals surface area contributed by atoms with Crippen molar-refractivity contribution < 1.29 is 35.7 Å². The van der Waals surface area contributed by atoms with Gasteiger partial charge in [0.2, 0.25) is 5.88 Å². The quantitative estimate of drug-likeness (QED) is 0.269. The van der Waals surface area contributed by atoms with Gasteiger partial charge in [0.15, 0.2) is 23.1 Å². The van der Waals surface area contributed by atoms with Crippen molar-refractivity contribution >= 4 is 27.9 Å². The van der Waals surface area contributed by atoms with Crippen molar-refractivity contribution in [3.63, 3.8) is 0 Å². The van der Waals surface area contributed by atoms with Crippen LogP contribution in [0.2, 0.25) is 0 Å². The SMILES string of the molecule is C#CCNC(=O)c1ccnc2c(-c3ncc4c(OCC(F)(F)C(F)(F)F)nccn34)c(S(=O)CC)nn12. The molecule has 4 heterocycles. The van der Waals surface area contributed by atoms with Crippen molar-refractivity contribution in [1.82, 2.24) is 34.3 Å². The molecule has 1 atom stereocenters. The number of nitrogens with one attached hydrogen (secondary N) is 1. The van der Waals surface area contributed by atoms with E-state index in [1.807, 2.05) is 0 Å². The molecule has 0 aliphatic heterocycles. The number of halogens is 5. The van der Waals surface area contributed by atoms with E-state index in [1.54, 1.807) is 6.92 Å². The lowest BCUT2D eigenvalue weighted by Crippen LogP contribution is -2.41. The van der Waals surface area contributed by atoms with Gasteiger partial charge >= 0.3 is 12.1 Å². The Bertz CT molecular complexity index is 1560. The van der Waals surface area contributed by atoms with Crippen LogP contribution in [0.3, 0.4) is 0 Å². The van der Waals surface area contributed by atoms with Gasteiger partial charge in [-0.1, -0.05) is 12.8 Å². The molecule has 10 nitrogen and oxygen atoms in total. The standard InChI is InChI=1S/C21H16F5N7O3S/c1-3-6-28-17(34)12-5-7-27-16-14(19(31-33(12)16)37(35)4-2)15-30-10-13-18(29-8-9-32(13)15)36-11-20(22,23)21(24,25)26/h1,5,7-10H,4,6,11H2,2H3,(H,28,34). The minimum atomic E-state index is -5.81. The van der Waals surface area contributed by atoms with Gasteiger partial charge in [-0.3, -0.25) is 13.4 Å². The number of fused-ring (bicyclic) bond motifs is 2. The van der Waals surface area contributed by atoms with Gasteiger partial charge < -0.3 is 10.1 Å². The lowest BCUT2D eigenvalue weighted by atomic mass is 10.3. The monoisotopic (exact) mass is 541 g/mol. The lowest BCUT2D eigenvalue weighted by Gasteiger charge is -2.19. The highest BCUT2D eigenvalue weighted by atomic mass is 32.2. The van der Waals surface area contributed by atoms with Crippen LogP contribution in [0.1, 0.15) is 17.4 Å². The highest BCUT2D eigenvalue weighted by Gasteiger charge is 2.58. The van der Waals surface area contributed by atoms with Gasteiger partial charge in [0.1, 0.15) is 11.2 Å². The zero-order chi connectivity index (χ0) is 27.0. The van der Waals surface area contributed by atoms with Crippen LogP contribution in [-0.4, -0.2) is 70.1 Å². The Kier molecular flexibility index (Phi) is 6.82. The topological polar surface area (TPSA) is 116 Å². The van der Waals surface area contributed by atoms with Gasteiger partial charge in [0.05, 0.1) is 29.1 Å². The molecule has 0 saturated heterocycles. The fourth-order valence-electron chi connectivity index (χ4n) is 3.25. The van der Waals surface area contributed by atoms with Gasteiger partial charge in [0, 0.05) is 24.3 Å². The Morgan fingerprint density at radius 1 is 1.22 bits per heavy atom. The molecule has 194 valence electrons. The maximum Gasteiger partial charge on any atom is 0.456 e. The Labute approximate surface area is 207 Å². The third-order valence-electron chi connectivity index (χ3n) is 5.00. The van der Waals surface area contributed by atoms with Gasteiger partial charge in [-0.25, -0.2) is 19.5 Å². The Hall–Kier alpha value is -4.13. The summed E-state index contributed by atoms with van der Waals surface area (Å²) in [4.78, 5) is 24.8. The van der Waals surface area contributed by atoms with Crippen molar-refractivity contribution in [2.45, 2.75) is 24.0 Å². The van der Waals surface area contributed by atoms with Crippen molar-refractivity contribution in [2.75, 3.05) is 18.9 Å². The molecule has 0 fully saturated rings. The molecule has 1 unspecified atom stereocenters. The smallest absolute Gasteiger partial charge is 0.456 e. The number of carbonyl (C=O) groups excluding carboxylic acids is 1. The average Bonchev–Trinajstić information content (AvgIpc) is 3.46. The van der Waals surface area contributed by atoms with E-state index in [4.69, 9.17) is 11.2 Å². The molecule has 4 rings (SSSR count). The average molecular weight is 541 g/mol. The molecule has 0 aliphatic rings. The first-order valence-electron chi connectivity index (χ1n) is 10.4. The number of amides is 1. The number of imidazole rings is 1. The number of ether oxygens (including phenoxy) is 1. The number of terminal acetylenes is 1. The van der Waals surface area contributed by atoms with Crippen LogP contribution in [0.4, 0.5) is 22.0 Å². The van der Waals surface area contributed by atoms with Crippen LogP contribution in [0.25, 0.3) is 22.6 Å². The molecule has 4 aromatic heterocycles. The minimum absolute atomic E-state index is 0.0163. The first kappa shape index (κ1) is 25.9. The molecule has 0 spiro atoms. The second kappa shape index (κ2) is 9.73. The summed E-state index contributed by atoms with van der Waals surface area (Å²) in [6.07, 6.45) is 4.27. The Morgan fingerprint density at radius 3 is 2.65 bits per heavy atom. The summed E-state index contributed by atoms with van der Waals surface area (Å²) in [5.41, 5.74) is 0.206. The first-order chi connectivity index (χ1) is 17.5. The fraction of sp³-hybridized carbons (Fsp3) is 0.286. The maximum atomic E-state index is 13.4. The number of carbonyl (C=O) groups is 1. The van der Waals surface area contributed by atoms with Crippen LogP contribution in [0, 0.1) is 12.3 Å². The number of hydrogen-bond acceptors (Lipinski definition) is 7. The number of aromatic nitrogens is 6. The van der Waals surface area contributed by atoms with Crippen LogP contribution < -0.4 is 10.1 Å². The minimum Gasteiger partial charge on any atom is -0.469 e. The third-order valence-corrected chi connectivity index (χ3v) is 6.24. The summed E-state index contributed by atoms with van der Waals surface area (Å²) in [5, 5.41) is 6.82. The largest absolute Gasteiger partial charge is 0.469 e. The van der Waals surface area contributed by atoms with Crippen LogP contribution >= 0.6 is 0 Å². The third kappa shape index (κ3) is 4.69. The zero-order valence-electron chi connectivity index (χ0n) is 18.8. The number of rotatable bonds is 8. The fourth-order valence-corrected chi connectivity index (χ4v) is 4.11. The predicted octanol–water partition coefficient (Wildman–Crippen LogP) is 2.51. The summed E-state index contributed by atoms with van der Waals surface area (Å²) in [5.74, 6) is -3.76. The van der Waals surface area contributed by atoms with E-state index in [2.05, 4.69) is 31.3 Å². The van der Waals surface area contributed by atoms with Gasteiger partial charge in [-0.15, -0.1) is 6.42 Å². The molecule has 0 aromatic carbocycles. The van der Waals surface area contributed by atoms with Crippen molar-refractivity contribution in [3.05, 3.63) is 36.5 Å². The van der Waals surface area contributed by atoms with Crippen molar-refractivity contribution in [2.24, 2.45) is 0 Å². The van der Waals surface area contributed by atoms with E-state index in [0.717, 1.165) is 16.9 Å². The second-order valence-corrected chi connectivity index (χ2v) is 8.98. The van der Waals surface area contributed by atoms with E-state index < -0.39 is 41.3 Å². The molecule has 0 radical (unpaired) electrons. The number of nitrogens with zero attached hydrogens (tertiary/aromatic N) is 6. The highest BCUT2D eigenvalue weighted by molar-refractivity contribution is 7.85. The molecule has 0 bridgehead atoms. The number of hydrogen-bond donors (Lipinski definition) is 1. The van der Waals surface area contributed by atoms with Gasteiger partial charge in [-0.05, 0) is 6.07 Å². The molecular weight excluding hydrogens is 525 g/mol. The summed E-state index contributed by atoms with van der Waals surface area (Å²) in [6.45, 7) is -0.417. The molecule has 37 heavy (non-hydrogen) atoms. The maximum absolute atomic E-state index is 13.4. The highest BCUT2D eigenvalue weighted by Crippen LogP contribution is 2.36. The van der Waals surface area contributed by atoms with E-state index in [1.165, 1.54) is 22.9 Å². The Morgan fingerprint density at radius 2 is 1.97 bits per heavy atom. The first-order valence-corrected chi connectivity index (χ1v) is 11.7. The summed E-state index contributed by atoms with van der Waals surface area (Å²) in [7, 11) is -1.68. The number of alkyl halides is 5. The van der Waals surface area contributed by atoms with Crippen molar-refractivity contribution in [3.8, 4) is 29.6 Å². The van der Waals surface area contributed by atoms with Crippen LogP contribution in [-0.2, 0) is 10.8 Å². The van der Waals surface area contributed by atoms with E-state index in [0.29, 0.717) is 0 Å². The summed E-state index contributed by atoms with van der Waals surface area (Å²) < 4.78 is 84.4. The van der Waals surface area contributed by atoms with Gasteiger partial charge in [0.25, 0.3) is 5.91 Å². The van der Waals surface area contributed by atoms with E-state index in [-0.39, 0.29) is 45.6 Å². The molecular formula is C21H16F5N7O3S. The second-order valence-electron chi connectivity index (χ2n) is 7.33. The lowest BCUT2D eigenvalue weighted by molar-refractivity contribution is -0.290. The van der Waals surface area contributed by atoms with E-state index >= 15 is 0 Å². The zero-order valence-corrected chi connectivity index (χ0v) is 19.6. The van der Waals surface area contributed by atoms with E-state index in [9.17, 15) is 31.0 Å². The molecule has 0 saturated carbocycles. The van der Waals surface area contributed by atoms with Gasteiger partial charge in [-0.2, -0.15) is 27.1 Å². The summed E-state index contributed by atoms with van der Waals surface area (Å²) >= 11 is 0. The Balaban J connectivity index is 1.86. The normalized spacial score (nSPS) is 13.0. The molecule has 1 N–H and O–H groups in total. The molecule has 1 amide bonds.